The van der Waals surface area contributed by atoms with Crippen LogP contribution in [0.15, 0.2) is 67.0 Å². The van der Waals surface area contributed by atoms with Crippen molar-refractivity contribution in [2.45, 2.75) is 30.8 Å². The van der Waals surface area contributed by atoms with Crippen molar-refractivity contribution in [3.8, 4) is 11.1 Å². The summed E-state index contributed by atoms with van der Waals surface area (Å²) in [6.45, 7) is 1.87. The molecule has 6 nitrogen and oxygen atoms in total. The van der Waals surface area contributed by atoms with Gasteiger partial charge in [-0.2, -0.15) is 0 Å². The van der Waals surface area contributed by atoms with Crippen molar-refractivity contribution in [2.24, 2.45) is 0 Å². The minimum atomic E-state index is -0.676. The van der Waals surface area contributed by atoms with Gasteiger partial charge in [-0.05, 0) is 60.3 Å². The molecule has 2 aromatic carbocycles. The molecule has 0 radical (unpaired) electrons. The van der Waals surface area contributed by atoms with Gasteiger partial charge in [-0.25, -0.2) is 13.6 Å². The Morgan fingerprint density at radius 1 is 1.00 bits per heavy atom. The SMILES string of the molecule is O=C(Nc1cc(F)ccc1F)N1CCCCN2[C@H](CO)[C@H](c3ccc(-c4ccncc4)cc3)[C@H]2C1. The van der Waals surface area contributed by atoms with Gasteiger partial charge in [-0.15, -0.1) is 0 Å². The van der Waals surface area contributed by atoms with E-state index in [9.17, 15) is 18.7 Å². The van der Waals surface area contributed by atoms with E-state index in [1.54, 1.807) is 17.3 Å². The highest BCUT2D eigenvalue weighted by atomic mass is 19.1. The Labute approximate surface area is 203 Å². The van der Waals surface area contributed by atoms with Gasteiger partial charge in [0.2, 0.25) is 0 Å². The third kappa shape index (κ3) is 4.76. The number of nitrogens with one attached hydrogen (secondary N) is 1. The van der Waals surface area contributed by atoms with Gasteiger partial charge >= 0.3 is 6.03 Å². The second kappa shape index (κ2) is 10.1. The lowest BCUT2D eigenvalue weighted by Crippen LogP contribution is -2.68. The van der Waals surface area contributed by atoms with E-state index < -0.39 is 17.7 Å². The summed E-state index contributed by atoms with van der Waals surface area (Å²) < 4.78 is 27.7. The largest absolute Gasteiger partial charge is 0.395 e. The molecule has 2 aliphatic rings. The Kier molecular flexibility index (Phi) is 6.74. The number of fused-ring (bicyclic) bond motifs is 1. The standard InChI is InChI=1S/C27H28F2N4O2/c28-21-7-8-22(29)23(15-21)31-27(35)32-13-1-2-14-33-24(16-32)26(25(33)17-34)20-5-3-18(4-6-20)19-9-11-30-12-10-19/h3-12,15,24-26,34H,1-2,13-14,16-17H2,(H,31,35)/t24-,25-,26-/m1/s1. The number of pyridine rings is 1. The molecule has 0 aliphatic carbocycles. The maximum Gasteiger partial charge on any atom is 0.321 e. The molecular weight excluding hydrogens is 450 g/mol. The van der Waals surface area contributed by atoms with Crippen LogP contribution in [0.2, 0.25) is 0 Å². The normalized spacial score (nSPS) is 22.5. The highest BCUT2D eigenvalue weighted by Crippen LogP contribution is 2.42. The fourth-order valence-corrected chi connectivity index (χ4v) is 5.35. The van der Waals surface area contributed by atoms with Gasteiger partial charge in [0.1, 0.15) is 11.6 Å². The summed E-state index contributed by atoms with van der Waals surface area (Å²) in [6.07, 6.45) is 5.21. The number of hydrogen-bond donors (Lipinski definition) is 2. The van der Waals surface area contributed by atoms with Crippen LogP contribution in [0.5, 0.6) is 0 Å². The number of aliphatic hydroxyl groups is 1. The minimum Gasteiger partial charge on any atom is -0.395 e. The fourth-order valence-electron chi connectivity index (χ4n) is 5.35. The second-order valence-corrected chi connectivity index (χ2v) is 9.15. The second-order valence-electron chi connectivity index (χ2n) is 9.15. The van der Waals surface area contributed by atoms with Crippen molar-refractivity contribution < 1.29 is 18.7 Å². The molecule has 2 amide bonds. The zero-order valence-corrected chi connectivity index (χ0v) is 19.3. The first-order valence-electron chi connectivity index (χ1n) is 11.9. The summed E-state index contributed by atoms with van der Waals surface area (Å²) in [5.41, 5.74) is 3.11. The van der Waals surface area contributed by atoms with E-state index in [0.29, 0.717) is 13.1 Å². The highest BCUT2D eigenvalue weighted by molar-refractivity contribution is 5.89. The van der Waals surface area contributed by atoms with Crippen LogP contribution in [0.1, 0.15) is 24.3 Å². The molecule has 2 aliphatic heterocycles. The zero-order valence-electron chi connectivity index (χ0n) is 19.3. The maximum atomic E-state index is 14.1. The molecule has 2 fully saturated rings. The molecule has 0 bridgehead atoms. The minimum absolute atomic E-state index is 0.0181. The van der Waals surface area contributed by atoms with Gasteiger partial charge in [0.05, 0.1) is 12.3 Å². The molecule has 1 aromatic heterocycles. The van der Waals surface area contributed by atoms with Crippen molar-refractivity contribution in [1.29, 1.82) is 0 Å². The highest BCUT2D eigenvalue weighted by Gasteiger charge is 2.49. The van der Waals surface area contributed by atoms with Gasteiger partial charge in [-0.1, -0.05) is 24.3 Å². The quantitative estimate of drug-likeness (QED) is 0.580. The summed E-state index contributed by atoms with van der Waals surface area (Å²) >= 11 is 0. The molecule has 3 atom stereocenters. The summed E-state index contributed by atoms with van der Waals surface area (Å²) in [7, 11) is 0. The predicted octanol–water partition coefficient (Wildman–Crippen LogP) is 4.48. The number of aromatic nitrogens is 1. The third-order valence-electron chi connectivity index (χ3n) is 7.14. The molecule has 0 unspecified atom stereocenters. The monoisotopic (exact) mass is 478 g/mol. The Bertz CT molecular complexity index is 1180. The number of urea groups is 1. The first-order chi connectivity index (χ1) is 17.0. The molecular formula is C27H28F2N4O2. The fraction of sp³-hybridized carbons (Fsp3) is 0.333. The van der Waals surface area contributed by atoms with Crippen LogP contribution < -0.4 is 5.32 Å². The van der Waals surface area contributed by atoms with Crippen LogP contribution >= 0.6 is 0 Å². The Morgan fingerprint density at radius 3 is 2.46 bits per heavy atom. The zero-order chi connectivity index (χ0) is 24.4. The average molecular weight is 479 g/mol. The van der Waals surface area contributed by atoms with Crippen LogP contribution in [0.3, 0.4) is 0 Å². The van der Waals surface area contributed by atoms with Gasteiger partial charge in [0.15, 0.2) is 0 Å². The smallest absolute Gasteiger partial charge is 0.321 e. The van der Waals surface area contributed by atoms with Crippen LogP contribution in [-0.4, -0.2) is 64.2 Å². The molecule has 2 N–H and O–H groups in total. The number of aliphatic hydroxyl groups excluding tert-OH is 1. The van der Waals surface area contributed by atoms with Crippen LogP contribution in [0.25, 0.3) is 11.1 Å². The van der Waals surface area contributed by atoms with E-state index in [2.05, 4.69) is 39.5 Å². The molecule has 2 saturated heterocycles. The van der Waals surface area contributed by atoms with Crippen molar-refractivity contribution in [2.75, 3.05) is 31.6 Å². The first-order valence-corrected chi connectivity index (χ1v) is 11.9. The Morgan fingerprint density at radius 2 is 1.71 bits per heavy atom. The van der Waals surface area contributed by atoms with Crippen LogP contribution in [0.4, 0.5) is 19.3 Å². The molecule has 8 heteroatoms. The number of benzene rings is 2. The van der Waals surface area contributed by atoms with Gasteiger partial charge in [-0.3, -0.25) is 9.88 Å². The van der Waals surface area contributed by atoms with E-state index in [1.807, 2.05) is 12.1 Å². The van der Waals surface area contributed by atoms with Gasteiger partial charge in [0, 0.05) is 49.6 Å². The summed E-state index contributed by atoms with van der Waals surface area (Å²) in [5.74, 6) is -1.23. The molecule has 182 valence electrons. The maximum absolute atomic E-state index is 14.1. The van der Waals surface area contributed by atoms with Crippen molar-refractivity contribution in [3.05, 3.63) is 84.2 Å². The molecule has 5 rings (SSSR count). The number of hydrogen-bond acceptors (Lipinski definition) is 4. The number of carbonyl (C=O) groups is 1. The number of carbonyl (C=O) groups excluding carboxylic acids is 1. The van der Waals surface area contributed by atoms with Crippen LogP contribution in [0, 0.1) is 11.6 Å². The number of halogens is 2. The Hall–Kier alpha value is -3.36. The summed E-state index contributed by atoms with van der Waals surface area (Å²) in [5, 5.41) is 12.7. The van der Waals surface area contributed by atoms with Crippen LogP contribution in [-0.2, 0) is 0 Å². The summed E-state index contributed by atoms with van der Waals surface area (Å²) in [4.78, 5) is 21.0. The molecule has 3 heterocycles. The van der Waals surface area contributed by atoms with E-state index in [1.165, 1.54) is 0 Å². The number of anilines is 1. The average Bonchev–Trinajstić information content (AvgIpc) is 2.86. The number of rotatable bonds is 4. The molecule has 0 spiro atoms. The van der Waals surface area contributed by atoms with E-state index in [0.717, 1.165) is 54.3 Å². The van der Waals surface area contributed by atoms with Gasteiger partial charge < -0.3 is 15.3 Å². The van der Waals surface area contributed by atoms with E-state index in [4.69, 9.17) is 0 Å². The molecule has 35 heavy (non-hydrogen) atoms. The topological polar surface area (TPSA) is 68.7 Å². The van der Waals surface area contributed by atoms with Gasteiger partial charge in [0.25, 0.3) is 0 Å². The van der Waals surface area contributed by atoms with E-state index >= 15 is 0 Å². The van der Waals surface area contributed by atoms with E-state index in [-0.39, 0.29) is 30.3 Å². The first kappa shape index (κ1) is 23.4. The van der Waals surface area contributed by atoms with Crippen molar-refractivity contribution in [3.63, 3.8) is 0 Å². The molecule has 0 saturated carbocycles. The number of amides is 2. The third-order valence-corrected chi connectivity index (χ3v) is 7.14. The Balaban J connectivity index is 1.35. The lowest BCUT2D eigenvalue weighted by molar-refractivity contribution is -0.0585. The van der Waals surface area contributed by atoms with Crippen molar-refractivity contribution >= 4 is 11.7 Å². The number of nitrogens with zero attached hydrogens (tertiary/aromatic N) is 3. The molecule has 3 aromatic rings. The lowest BCUT2D eigenvalue weighted by Gasteiger charge is -2.57. The predicted molar refractivity (Wildman–Crippen MR) is 130 cm³/mol. The van der Waals surface area contributed by atoms with Crippen molar-refractivity contribution in [1.82, 2.24) is 14.8 Å². The summed E-state index contributed by atoms with van der Waals surface area (Å²) in [6, 6.07) is 14.8. The lowest BCUT2D eigenvalue weighted by atomic mass is 9.74.